The van der Waals surface area contributed by atoms with Crippen LogP contribution in [0.15, 0.2) is 34.9 Å². The minimum atomic E-state index is 0.0499. The van der Waals surface area contributed by atoms with Gasteiger partial charge in [0.1, 0.15) is 5.75 Å². The molecule has 2 atom stereocenters. The Labute approximate surface area is 110 Å². The molecule has 1 saturated carbocycles. The smallest absolute Gasteiger partial charge is 0.231 e. The van der Waals surface area contributed by atoms with Crippen molar-refractivity contribution in [2.45, 2.75) is 18.8 Å². The molecule has 3 rings (SSSR count). The van der Waals surface area contributed by atoms with E-state index in [1.54, 1.807) is 0 Å². The SMILES string of the molecule is N#CC1CC1c1nc(CCOc2ccccc2)no1. The summed E-state index contributed by atoms with van der Waals surface area (Å²) in [4.78, 5) is 4.29. The zero-order valence-electron chi connectivity index (χ0n) is 10.3. The first-order valence-electron chi connectivity index (χ1n) is 6.27. The molecule has 1 aliphatic carbocycles. The molecule has 1 aliphatic rings. The maximum absolute atomic E-state index is 8.75. The molecule has 0 saturated heterocycles. The molecule has 2 aromatic rings. The van der Waals surface area contributed by atoms with Gasteiger partial charge in [-0.1, -0.05) is 23.4 Å². The molecule has 1 heterocycles. The number of para-hydroxylation sites is 1. The van der Waals surface area contributed by atoms with Crippen LogP contribution in [0.1, 0.15) is 24.1 Å². The van der Waals surface area contributed by atoms with E-state index in [4.69, 9.17) is 14.5 Å². The van der Waals surface area contributed by atoms with E-state index in [9.17, 15) is 0 Å². The molecule has 0 amide bonds. The molecule has 0 spiro atoms. The second-order valence-electron chi connectivity index (χ2n) is 4.54. The van der Waals surface area contributed by atoms with Gasteiger partial charge in [0.25, 0.3) is 0 Å². The maximum Gasteiger partial charge on any atom is 0.231 e. The lowest BCUT2D eigenvalue weighted by Crippen LogP contribution is -2.02. The highest BCUT2D eigenvalue weighted by molar-refractivity contribution is 5.21. The molecule has 5 nitrogen and oxygen atoms in total. The van der Waals surface area contributed by atoms with Crippen LogP contribution in [-0.2, 0) is 6.42 Å². The lowest BCUT2D eigenvalue weighted by atomic mass is 10.3. The van der Waals surface area contributed by atoms with Crippen LogP contribution in [-0.4, -0.2) is 16.7 Å². The van der Waals surface area contributed by atoms with Gasteiger partial charge in [-0.15, -0.1) is 0 Å². The van der Waals surface area contributed by atoms with E-state index in [1.807, 2.05) is 30.3 Å². The minimum Gasteiger partial charge on any atom is -0.493 e. The Kier molecular flexibility index (Phi) is 3.15. The van der Waals surface area contributed by atoms with Gasteiger partial charge in [0, 0.05) is 6.42 Å². The van der Waals surface area contributed by atoms with E-state index in [0.717, 1.165) is 12.2 Å². The standard InChI is InChI=1S/C14H13N3O2/c15-9-10-8-12(10)14-16-13(17-19-14)6-7-18-11-4-2-1-3-5-11/h1-5,10,12H,6-8H2. The lowest BCUT2D eigenvalue weighted by molar-refractivity contribution is 0.313. The van der Waals surface area contributed by atoms with Crippen LogP contribution in [0.25, 0.3) is 0 Å². The van der Waals surface area contributed by atoms with Crippen molar-refractivity contribution >= 4 is 0 Å². The van der Waals surface area contributed by atoms with Crippen molar-refractivity contribution in [3.8, 4) is 11.8 Å². The van der Waals surface area contributed by atoms with Gasteiger partial charge in [-0.25, -0.2) is 0 Å². The van der Waals surface area contributed by atoms with Crippen molar-refractivity contribution in [3.63, 3.8) is 0 Å². The predicted octanol–water partition coefficient (Wildman–Crippen LogP) is 2.32. The first-order chi connectivity index (χ1) is 9.36. The number of aromatic nitrogens is 2. The topological polar surface area (TPSA) is 71.9 Å². The summed E-state index contributed by atoms with van der Waals surface area (Å²) >= 11 is 0. The van der Waals surface area contributed by atoms with E-state index in [0.29, 0.717) is 24.7 Å². The van der Waals surface area contributed by atoms with Crippen molar-refractivity contribution in [1.29, 1.82) is 5.26 Å². The third-order valence-corrected chi connectivity index (χ3v) is 3.09. The molecule has 1 fully saturated rings. The Bertz CT molecular complexity index is 588. The van der Waals surface area contributed by atoms with E-state index in [-0.39, 0.29) is 11.8 Å². The molecular formula is C14H13N3O2. The van der Waals surface area contributed by atoms with Crippen LogP contribution in [0.5, 0.6) is 5.75 Å². The first kappa shape index (κ1) is 11.7. The molecule has 2 unspecified atom stereocenters. The Hall–Kier alpha value is -2.35. The highest BCUT2D eigenvalue weighted by Gasteiger charge is 2.43. The van der Waals surface area contributed by atoms with Gasteiger partial charge < -0.3 is 9.26 Å². The molecule has 0 bridgehead atoms. The number of ether oxygens (including phenoxy) is 1. The number of nitrogens with zero attached hydrogens (tertiary/aromatic N) is 3. The number of benzene rings is 1. The monoisotopic (exact) mass is 255 g/mol. The average molecular weight is 255 g/mol. The summed E-state index contributed by atoms with van der Waals surface area (Å²) in [5, 5.41) is 12.7. The van der Waals surface area contributed by atoms with Gasteiger partial charge in [0.2, 0.25) is 5.89 Å². The molecular weight excluding hydrogens is 242 g/mol. The number of hydrogen-bond donors (Lipinski definition) is 0. The molecule has 0 N–H and O–H groups in total. The average Bonchev–Trinajstić information content (AvgIpc) is 3.10. The van der Waals surface area contributed by atoms with Gasteiger partial charge >= 0.3 is 0 Å². The third-order valence-electron chi connectivity index (χ3n) is 3.09. The van der Waals surface area contributed by atoms with Crippen LogP contribution in [0, 0.1) is 17.2 Å². The predicted molar refractivity (Wildman–Crippen MR) is 66.4 cm³/mol. The van der Waals surface area contributed by atoms with E-state index < -0.39 is 0 Å². The summed E-state index contributed by atoms with van der Waals surface area (Å²) in [5.74, 6) is 2.24. The zero-order valence-corrected chi connectivity index (χ0v) is 10.3. The van der Waals surface area contributed by atoms with Crippen molar-refractivity contribution in [1.82, 2.24) is 10.1 Å². The highest BCUT2D eigenvalue weighted by atomic mass is 16.5. The van der Waals surface area contributed by atoms with E-state index >= 15 is 0 Å². The van der Waals surface area contributed by atoms with Crippen LogP contribution in [0.3, 0.4) is 0 Å². The molecule has 0 radical (unpaired) electrons. The van der Waals surface area contributed by atoms with E-state index in [2.05, 4.69) is 16.2 Å². The van der Waals surface area contributed by atoms with Gasteiger partial charge in [-0.3, -0.25) is 0 Å². The largest absolute Gasteiger partial charge is 0.493 e. The van der Waals surface area contributed by atoms with Crippen molar-refractivity contribution in [3.05, 3.63) is 42.0 Å². The molecule has 0 aliphatic heterocycles. The summed E-state index contributed by atoms with van der Waals surface area (Å²) in [5.41, 5.74) is 0. The lowest BCUT2D eigenvalue weighted by Gasteiger charge is -2.02. The molecule has 5 heteroatoms. The van der Waals surface area contributed by atoms with Crippen molar-refractivity contribution < 1.29 is 9.26 Å². The summed E-state index contributed by atoms with van der Waals surface area (Å²) in [6.45, 7) is 0.509. The van der Waals surface area contributed by atoms with E-state index in [1.165, 1.54) is 0 Å². The summed E-state index contributed by atoms with van der Waals surface area (Å²) in [6.07, 6.45) is 1.43. The minimum absolute atomic E-state index is 0.0499. The van der Waals surface area contributed by atoms with Crippen LogP contribution in [0.2, 0.25) is 0 Å². The van der Waals surface area contributed by atoms with Gasteiger partial charge in [0.05, 0.1) is 24.5 Å². The van der Waals surface area contributed by atoms with Crippen LogP contribution < -0.4 is 4.74 Å². The first-order valence-corrected chi connectivity index (χ1v) is 6.27. The van der Waals surface area contributed by atoms with Crippen molar-refractivity contribution in [2.75, 3.05) is 6.61 Å². The van der Waals surface area contributed by atoms with Crippen LogP contribution >= 0.6 is 0 Å². The fraction of sp³-hybridized carbons (Fsp3) is 0.357. The summed E-state index contributed by atoms with van der Waals surface area (Å²) in [7, 11) is 0. The Morgan fingerprint density at radius 1 is 1.37 bits per heavy atom. The number of nitriles is 1. The number of rotatable bonds is 5. The summed E-state index contributed by atoms with van der Waals surface area (Å²) in [6, 6.07) is 11.8. The fourth-order valence-electron chi connectivity index (χ4n) is 1.91. The normalized spacial score (nSPS) is 20.8. The molecule has 1 aromatic carbocycles. The molecule has 1 aromatic heterocycles. The molecule has 19 heavy (non-hydrogen) atoms. The van der Waals surface area contributed by atoms with Crippen molar-refractivity contribution in [2.24, 2.45) is 5.92 Å². The Morgan fingerprint density at radius 2 is 2.21 bits per heavy atom. The van der Waals surface area contributed by atoms with Crippen LogP contribution in [0.4, 0.5) is 0 Å². The van der Waals surface area contributed by atoms with Gasteiger partial charge in [0.15, 0.2) is 5.82 Å². The number of hydrogen-bond acceptors (Lipinski definition) is 5. The third kappa shape index (κ3) is 2.74. The second kappa shape index (κ2) is 5.11. The fourth-order valence-corrected chi connectivity index (χ4v) is 1.91. The molecule has 96 valence electrons. The Morgan fingerprint density at radius 3 is 2.95 bits per heavy atom. The summed E-state index contributed by atoms with van der Waals surface area (Å²) < 4.78 is 10.7. The zero-order chi connectivity index (χ0) is 13.1. The quantitative estimate of drug-likeness (QED) is 0.819. The maximum atomic E-state index is 8.75. The van der Waals surface area contributed by atoms with Gasteiger partial charge in [-0.2, -0.15) is 10.2 Å². The Balaban J connectivity index is 1.50. The highest BCUT2D eigenvalue weighted by Crippen LogP contribution is 2.45. The second-order valence-corrected chi connectivity index (χ2v) is 4.54. The van der Waals surface area contributed by atoms with Gasteiger partial charge in [-0.05, 0) is 18.6 Å².